The van der Waals surface area contributed by atoms with Crippen LogP contribution in [0.5, 0.6) is 0 Å². The monoisotopic (exact) mass is 356 g/mol. The van der Waals surface area contributed by atoms with Crippen LogP contribution in [0.15, 0.2) is 65.3 Å². The summed E-state index contributed by atoms with van der Waals surface area (Å²) < 4.78 is 3.05. The molecule has 3 rings (SSSR count). The van der Waals surface area contributed by atoms with E-state index in [9.17, 15) is 4.79 Å². The minimum atomic E-state index is -0.0372. The van der Waals surface area contributed by atoms with Crippen LogP contribution in [0.3, 0.4) is 0 Å². The van der Waals surface area contributed by atoms with Gasteiger partial charge in [-0.15, -0.1) is 0 Å². The van der Waals surface area contributed by atoms with Crippen molar-refractivity contribution < 1.29 is 4.79 Å². The molecule has 1 aromatic heterocycles. The van der Waals surface area contributed by atoms with Crippen molar-refractivity contribution in [3.8, 4) is 0 Å². The highest BCUT2D eigenvalue weighted by atomic mass is 79.9. The van der Waals surface area contributed by atoms with Gasteiger partial charge in [0, 0.05) is 29.3 Å². The lowest BCUT2D eigenvalue weighted by Crippen LogP contribution is -2.25. The molecule has 0 aliphatic rings. The van der Waals surface area contributed by atoms with E-state index in [2.05, 4.69) is 50.2 Å². The summed E-state index contributed by atoms with van der Waals surface area (Å²) in [5.41, 5.74) is 1.91. The van der Waals surface area contributed by atoms with Crippen LogP contribution in [0.2, 0.25) is 0 Å². The van der Waals surface area contributed by atoms with E-state index in [-0.39, 0.29) is 5.91 Å². The van der Waals surface area contributed by atoms with Crippen molar-refractivity contribution in [2.45, 2.75) is 13.0 Å². The molecule has 2 aromatic carbocycles. The second kappa shape index (κ2) is 6.79. The first-order valence-corrected chi connectivity index (χ1v) is 8.11. The first-order chi connectivity index (χ1) is 10.8. The molecule has 0 radical (unpaired) electrons. The summed E-state index contributed by atoms with van der Waals surface area (Å²) in [5, 5.41) is 4.22. The number of fused-ring (bicyclic) bond motifs is 1. The van der Waals surface area contributed by atoms with Gasteiger partial charge in [0.1, 0.15) is 0 Å². The highest BCUT2D eigenvalue weighted by molar-refractivity contribution is 9.10. The van der Waals surface area contributed by atoms with Crippen LogP contribution < -0.4 is 5.32 Å². The molecule has 0 aliphatic carbocycles. The Morgan fingerprint density at radius 2 is 1.82 bits per heavy atom. The van der Waals surface area contributed by atoms with E-state index >= 15 is 0 Å². The lowest BCUT2D eigenvalue weighted by molar-refractivity contribution is 0.0952. The minimum Gasteiger partial charge on any atom is -0.352 e. The van der Waals surface area contributed by atoms with Gasteiger partial charge in [-0.05, 0) is 52.0 Å². The number of rotatable bonds is 5. The van der Waals surface area contributed by atoms with Crippen LogP contribution in [0.4, 0.5) is 0 Å². The highest BCUT2D eigenvalue weighted by Gasteiger charge is 2.08. The Morgan fingerprint density at radius 3 is 2.68 bits per heavy atom. The molecule has 0 fully saturated rings. The van der Waals surface area contributed by atoms with Gasteiger partial charge in [0.2, 0.25) is 0 Å². The van der Waals surface area contributed by atoms with Crippen molar-refractivity contribution in [2.24, 2.45) is 0 Å². The molecular weight excluding hydrogens is 340 g/mol. The third kappa shape index (κ3) is 3.22. The second-order valence-electron chi connectivity index (χ2n) is 5.16. The van der Waals surface area contributed by atoms with Gasteiger partial charge >= 0.3 is 0 Å². The molecule has 4 heteroatoms. The van der Waals surface area contributed by atoms with Gasteiger partial charge in [0.05, 0.1) is 5.56 Å². The zero-order valence-corrected chi connectivity index (χ0v) is 13.7. The fraction of sp³-hybridized carbons (Fsp3) is 0.167. The van der Waals surface area contributed by atoms with Crippen molar-refractivity contribution in [3.63, 3.8) is 0 Å². The number of halogens is 1. The van der Waals surface area contributed by atoms with E-state index in [1.807, 2.05) is 36.4 Å². The summed E-state index contributed by atoms with van der Waals surface area (Å²) in [7, 11) is 0. The van der Waals surface area contributed by atoms with Crippen LogP contribution >= 0.6 is 15.9 Å². The van der Waals surface area contributed by atoms with E-state index in [0.29, 0.717) is 12.1 Å². The zero-order chi connectivity index (χ0) is 15.4. The fourth-order valence-corrected chi connectivity index (χ4v) is 2.99. The Morgan fingerprint density at radius 1 is 1.05 bits per heavy atom. The molecule has 3 aromatic rings. The molecule has 0 aliphatic heterocycles. The minimum absolute atomic E-state index is 0.0372. The SMILES string of the molecule is O=C(NCCCn1ccc2ccccc21)c1ccccc1Br. The first kappa shape index (κ1) is 14.9. The van der Waals surface area contributed by atoms with Gasteiger partial charge in [0.25, 0.3) is 5.91 Å². The average Bonchev–Trinajstić information content (AvgIpc) is 2.95. The van der Waals surface area contributed by atoms with Crippen LogP contribution in [0, 0.1) is 0 Å². The molecule has 0 unspecified atom stereocenters. The number of carbonyl (C=O) groups excluding carboxylic acids is 1. The standard InChI is InChI=1S/C18H17BrN2O/c19-16-8-3-2-7-15(16)18(22)20-11-5-12-21-13-10-14-6-1-4-9-17(14)21/h1-4,6-10,13H,5,11-12H2,(H,20,22). The Balaban J connectivity index is 1.54. The van der Waals surface area contributed by atoms with Crippen LogP contribution in [0.25, 0.3) is 10.9 Å². The third-order valence-electron chi connectivity index (χ3n) is 3.66. The largest absolute Gasteiger partial charge is 0.352 e. The number of aromatic nitrogens is 1. The Hall–Kier alpha value is -2.07. The van der Waals surface area contributed by atoms with Gasteiger partial charge in [-0.2, -0.15) is 0 Å². The van der Waals surface area contributed by atoms with E-state index in [4.69, 9.17) is 0 Å². The topological polar surface area (TPSA) is 34.0 Å². The van der Waals surface area contributed by atoms with E-state index < -0.39 is 0 Å². The number of nitrogens with one attached hydrogen (secondary N) is 1. The number of amides is 1. The van der Waals surface area contributed by atoms with Gasteiger partial charge in [-0.3, -0.25) is 4.79 Å². The molecule has 1 heterocycles. The number of hydrogen-bond donors (Lipinski definition) is 1. The Labute approximate surface area is 138 Å². The maximum atomic E-state index is 12.1. The molecule has 22 heavy (non-hydrogen) atoms. The summed E-state index contributed by atoms with van der Waals surface area (Å²) in [6.07, 6.45) is 3.00. The molecule has 1 N–H and O–H groups in total. The number of aryl methyl sites for hydroxylation is 1. The summed E-state index contributed by atoms with van der Waals surface area (Å²) in [5.74, 6) is -0.0372. The van der Waals surface area contributed by atoms with Crippen molar-refractivity contribution in [1.82, 2.24) is 9.88 Å². The molecule has 1 amide bonds. The van der Waals surface area contributed by atoms with Crippen LogP contribution in [0.1, 0.15) is 16.8 Å². The number of nitrogens with zero attached hydrogens (tertiary/aromatic N) is 1. The van der Waals surface area contributed by atoms with Gasteiger partial charge in [-0.25, -0.2) is 0 Å². The second-order valence-corrected chi connectivity index (χ2v) is 6.01. The molecular formula is C18H17BrN2O. The summed E-state index contributed by atoms with van der Waals surface area (Å²) in [6.45, 7) is 1.55. The summed E-state index contributed by atoms with van der Waals surface area (Å²) in [4.78, 5) is 12.1. The quantitative estimate of drug-likeness (QED) is 0.682. The molecule has 3 nitrogen and oxygen atoms in total. The van der Waals surface area contributed by atoms with E-state index in [0.717, 1.165) is 17.4 Å². The maximum absolute atomic E-state index is 12.1. The molecule has 0 saturated heterocycles. The van der Waals surface area contributed by atoms with Crippen molar-refractivity contribution >= 4 is 32.7 Å². The van der Waals surface area contributed by atoms with E-state index in [1.165, 1.54) is 10.9 Å². The summed E-state index contributed by atoms with van der Waals surface area (Å²) >= 11 is 3.40. The van der Waals surface area contributed by atoms with Crippen molar-refractivity contribution in [2.75, 3.05) is 6.54 Å². The number of para-hydroxylation sites is 1. The lowest BCUT2D eigenvalue weighted by Gasteiger charge is -2.08. The number of benzene rings is 2. The number of carbonyl (C=O) groups is 1. The first-order valence-electron chi connectivity index (χ1n) is 7.32. The van der Waals surface area contributed by atoms with Crippen molar-refractivity contribution in [3.05, 3.63) is 70.8 Å². The highest BCUT2D eigenvalue weighted by Crippen LogP contribution is 2.16. The molecule has 0 saturated carbocycles. The van der Waals surface area contributed by atoms with Crippen LogP contribution in [-0.2, 0) is 6.54 Å². The predicted octanol–water partition coefficient (Wildman–Crippen LogP) is 4.22. The van der Waals surface area contributed by atoms with Gasteiger partial charge in [0.15, 0.2) is 0 Å². The van der Waals surface area contributed by atoms with Crippen molar-refractivity contribution in [1.29, 1.82) is 0 Å². The predicted molar refractivity (Wildman–Crippen MR) is 93.0 cm³/mol. The smallest absolute Gasteiger partial charge is 0.252 e. The Bertz CT molecular complexity index is 794. The maximum Gasteiger partial charge on any atom is 0.252 e. The molecule has 0 spiro atoms. The number of hydrogen-bond acceptors (Lipinski definition) is 1. The average molecular weight is 357 g/mol. The van der Waals surface area contributed by atoms with Crippen LogP contribution in [-0.4, -0.2) is 17.0 Å². The Kier molecular flexibility index (Phi) is 4.59. The third-order valence-corrected chi connectivity index (χ3v) is 4.35. The molecule has 112 valence electrons. The van der Waals surface area contributed by atoms with Gasteiger partial charge in [-0.1, -0.05) is 30.3 Å². The molecule has 0 atom stereocenters. The molecule has 0 bridgehead atoms. The van der Waals surface area contributed by atoms with Gasteiger partial charge < -0.3 is 9.88 Å². The fourth-order valence-electron chi connectivity index (χ4n) is 2.53. The normalized spacial score (nSPS) is 10.8. The van der Waals surface area contributed by atoms with E-state index in [1.54, 1.807) is 0 Å². The lowest BCUT2D eigenvalue weighted by atomic mass is 10.2. The summed E-state index contributed by atoms with van der Waals surface area (Å²) in [6, 6.07) is 17.9. The zero-order valence-electron chi connectivity index (χ0n) is 12.1.